The van der Waals surface area contributed by atoms with Crippen LogP contribution < -0.4 is 16.4 Å². The second-order valence-electron chi connectivity index (χ2n) is 6.17. The van der Waals surface area contributed by atoms with Gasteiger partial charge in [-0.2, -0.15) is 5.10 Å². The van der Waals surface area contributed by atoms with Crippen LogP contribution in [0.2, 0.25) is 0 Å². The topological polar surface area (TPSA) is 102 Å². The average molecular weight is 403 g/mol. The Morgan fingerprint density at radius 1 is 0.897 bits per heavy atom. The van der Waals surface area contributed by atoms with Gasteiger partial charge < -0.3 is 16.4 Å². The summed E-state index contributed by atoms with van der Waals surface area (Å²) in [4.78, 5) is 24.8. The summed E-state index contributed by atoms with van der Waals surface area (Å²) in [7, 11) is 0. The summed E-state index contributed by atoms with van der Waals surface area (Å²) in [6, 6.07) is 19.5. The van der Waals surface area contributed by atoms with Gasteiger partial charge in [-0.05, 0) is 47.8 Å². The number of thiophene rings is 1. The highest BCUT2D eigenvalue weighted by molar-refractivity contribution is 7.13. The van der Waals surface area contributed by atoms with Gasteiger partial charge in [0.2, 0.25) is 0 Å². The number of para-hydroxylation sites is 1. The average Bonchev–Trinajstić information content (AvgIpc) is 3.39. The summed E-state index contributed by atoms with van der Waals surface area (Å²) < 4.78 is 1.70. The molecule has 0 bridgehead atoms. The molecular weight excluding hydrogens is 386 g/mol. The van der Waals surface area contributed by atoms with Crippen LogP contribution in [0.5, 0.6) is 0 Å². The number of benzene rings is 2. The van der Waals surface area contributed by atoms with Crippen LogP contribution in [-0.2, 0) is 0 Å². The largest absolute Gasteiger partial charge is 0.351 e. The number of carbonyl (C=O) groups is 2. The molecule has 7 nitrogen and oxygen atoms in total. The van der Waals surface area contributed by atoms with Gasteiger partial charge in [0, 0.05) is 17.6 Å². The van der Waals surface area contributed by atoms with E-state index in [4.69, 9.17) is 5.73 Å². The molecule has 0 fully saturated rings. The molecule has 0 aliphatic heterocycles. The number of carbonyl (C=O) groups excluding carboxylic acids is 2. The zero-order valence-corrected chi connectivity index (χ0v) is 16.0. The monoisotopic (exact) mass is 403 g/mol. The smallest absolute Gasteiger partial charge is 0.316 e. The minimum Gasteiger partial charge on any atom is -0.351 e. The van der Waals surface area contributed by atoms with Crippen LogP contribution in [0.25, 0.3) is 16.3 Å². The van der Waals surface area contributed by atoms with Crippen molar-refractivity contribution >= 4 is 34.6 Å². The molecule has 29 heavy (non-hydrogen) atoms. The molecule has 4 aromatic rings. The lowest BCUT2D eigenvalue weighted by Crippen LogP contribution is -2.19. The van der Waals surface area contributed by atoms with E-state index in [1.54, 1.807) is 35.1 Å². The van der Waals surface area contributed by atoms with Gasteiger partial charge in [0.25, 0.3) is 5.91 Å². The maximum Gasteiger partial charge on any atom is 0.316 e. The normalized spacial score (nSPS) is 10.5. The van der Waals surface area contributed by atoms with E-state index in [1.165, 1.54) is 11.3 Å². The van der Waals surface area contributed by atoms with Crippen LogP contribution in [0.15, 0.2) is 78.3 Å². The van der Waals surface area contributed by atoms with Crippen LogP contribution in [0.1, 0.15) is 10.4 Å². The van der Waals surface area contributed by atoms with Crippen LogP contribution in [-0.4, -0.2) is 21.7 Å². The SMILES string of the molecule is NC(=O)Nc1ccc(NC(=O)c2cn(-c3ccccc3)nc2-c2cccs2)cc1. The van der Waals surface area contributed by atoms with Crippen molar-refractivity contribution in [2.24, 2.45) is 5.73 Å². The van der Waals surface area contributed by atoms with Crippen molar-refractivity contribution in [2.45, 2.75) is 0 Å². The quantitative estimate of drug-likeness (QED) is 0.462. The number of aromatic nitrogens is 2. The highest BCUT2D eigenvalue weighted by atomic mass is 32.1. The summed E-state index contributed by atoms with van der Waals surface area (Å²) in [5.41, 5.74) is 8.20. The lowest BCUT2D eigenvalue weighted by Gasteiger charge is -2.06. The Bertz CT molecular complexity index is 1140. The summed E-state index contributed by atoms with van der Waals surface area (Å²) >= 11 is 1.52. The Balaban J connectivity index is 1.63. The third kappa shape index (κ3) is 4.17. The maximum atomic E-state index is 13.0. The number of urea groups is 1. The molecule has 0 aliphatic carbocycles. The highest BCUT2D eigenvalue weighted by Crippen LogP contribution is 2.28. The summed E-state index contributed by atoms with van der Waals surface area (Å²) in [6.45, 7) is 0. The van der Waals surface area contributed by atoms with Gasteiger partial charge in [-0.15, -0.1) is 11.3 Å². The van der Waals surface area contributed by atoms with Crippen LogP contribution in [0.4, 0.5) is 16.2 Å². The fourth-order valence-electron chi connectivity index (χ4n) is 2.83. The molecule has 0 spiro atoms. The fourth-order valence-corrected chi connectivity index (χ4v) is 3.55. The van der Waals surface area contributed by atoms with Crippen molar-refractivity contribution < 1.29 is 9.59 Å². The first-order valence-electron chi connectivity index (χ1n) is 8.77. The van der Waals surface area contributed by atoms with Gasteiger partial charge in [-0.25, -0.2) is 9.48 Å². The van der Waals surface area contributed by atoms with E-state index in [-0.39, 0.29) is 5.91 Å². The van der Waals surface area contributed by atoms with Crippen molar-refractivity contribution in [3.63, 3.8) is 0 Å². The second-order valence-corrected chi connectivity index (χ2v) is 7.12. The zero-order valence-electron chi connectivity index (χ0n) is 15.2. The first-order chi connectivity index (χ1) is 14.1. The molecule has 2 heterocycles. The number of anilines is 2. The van der Waals surface area contributed by atoms with E-state index in [0.717, 1.165) is 10.6 Å². The Labute approximate surface area is 170 Å². The molecule has 2 aromatic carbocycles. The predicted molar refractivity (Wildman–Crippen MR) is 114 cm³/mol. The molecule has 144 valence electrons. The fraction of sp³-hybridized carbons (Fsp3) is 0. The van der Waals surface area contributed by atoms with Crippen molar-refractivity contribution in [3.8, 4) is 16.3 Å². The molecular formula is C21H17N5O2S. The molecule has 0 atom stereocenters. The molecule has 2 aromatic heterocycles. The Morgan fingerprint density at radius 3 is 2.21 bits per heavy atom. The molecule has 4 N–H and O–H groups in total. The van der Waals surface area contributed by atoms with Gasteiger partial charge in [0.15, 0.2) is 0 Å². The summed E-state index contributed by atoms with van der Waals surface area (Å²) in [6.07, 6.45) is 1.72. The summed E-state index contributed by atoms with van der Waals surface area (Å²) in [5, 5.41) is 11.9. The molecule has 8 heteroatoms. The first kappa shape index (κ1) is 18.5. The molecule has 3 amide bonds. The molecule has 0 saturated carbocycles. The highest BCUT2D eigenvalue weighted by Gasteiger charge is 2.19. The van der Waals surface area contributed by atoms with Crippen LogP contribution >= 0.6 is 11.3 Å². The molecule has 4 rings (SSSR count). The van der Waals surface area contributed by atoms with Crippen molar-refractivity contribution in [1.82, 2.24) is 9.78 Å². The minimum absolute atomic E-state index is 0.272. The number of primary amides is 1. The van der Waals surface area contributed by atoms with Gasteiger partial charge >= 0.3 is 6.03 Å². The minimum atomic E-state index is -0.643. The molecule has 0 saturated heterocycles. The zero-order chi connectivity index (χ0) is 20.2. The van der Waals surface area contributed by atoms with Crippen molar-refractivity contribution in [2.75, 3.05) is 10.6 Å². The van der Waals surface area contributed by atoms with Crippen LogP contribution in [0.3, 0.4) is 0 Å². The van der Waals surface area contributed by atoms with Gasteiger partial charge in [-0.3, -0.25) is 4.79 Å². The Kier molecular flexibility index (Phi) is 5.08. The van der Waals surface area contributed by atoms with Crippen LogP contribution in [0, 0.1) is 0 Å². The van der Waals surface area contributed by atoms with Crippen molar-refractivity contribution in [3.05, 3.63) is 83.9 Å². The van der Waals surface area contributed by atoms with E-state index in [1.807, 2.05) is 47.8 Å². The number of rotatable bonds is 5. The number of hydrogen-bond acceptors (Lipinski definition) is 4. The lowest BCUT2D eigenvalue weighted by molar-refractivity contribution is 0.102. The summed E-state index contributed by atoms with van der Waals surface area (Å²) in [5.74, 6) is -0.272. The Hall–Kier alpha value is -3.91. The third-order valence-electron chi connectivity index (χ3n) is 4.14. The van der Waals surface area contributed by atoms with E-state index in [2.05, 4.69) is 15.7 Å². The first-order valence-corrected chi connectivity index (χ1v) is 9.65. The second kappa shape index (κ2) is 7.99. The van der Waals surface area contributed by atoms with E-state index < -0.39 is 6.03 Å². The van der Waals surface area contributed by atoms with E-state index >= 15 is 0 Å². The lowest BCUT2D eigenvalue weighted by atomic mass is 10.2. The number of nitrogens with two attached hydrogens (primary N) is 1. The Morgan fingerprint density at radius 2 is 1.59 bits per heavy atom. The van der Waals surface area contributed by atoms with Gasteiger partial charge in [-0.1, -0.05) is 24.3 Å². The van der Waals surface area contributed by atoms with Crippen molar-refractivity contribution in [1.29, 1.82) is 0 Å². The number of nitrogens with one attached hydrogen (secondary N) is 2. The number of hydrogen-bond donors (Lipinski definition) is 3. The number of amides is 3. The van der Waals surface area contributed by atoms with E-state index in [0.29, 0.717) is 22.6 Å². The molecule has 0 unspecified atom stereocenters. The number of nitrogens with zero attached hydrogens (tertiary/aromatic N) is 2. The van der Waals surface area contributed by atoms with Gasteiger partial charge in [0.05, 0.1) is 16.1 Å². The predicted octanol–water partition coefficient (Wildman–Crippen LogP) is 4.34. The molecule has 0 radical (unpaired) electrons. The van der Waals surface area contributed by atoms with Gasteiger partial charge in [0.1, 0.15) is 5.69 Å². The van der Waals surface area contributed by atoms with E-state index in [9.17, 15) is 9.59 Å². The maximum absolute atomic E-state index is 13.0. The third-order valence-corrected chi connectivity index (χ3v) is 5.02. The standard InChI is InChI=1S/C21H17N5O2S/c22-21(28)24-15-10-8-14(9-11-15)23-20(27)17-13-26(16-5-2-1-3-6-16)25-19(17)18-7-4-12-29-18/h1-13H,(H,23,27)(H3,22,24,28). The molecule has 0 aliphatic rings.